The van der Waals surface area contributed by atoms with Crippen molar-refractivity contribution >= 4 is 0 Å². The van der Waals surface area contributed by atoms with Gasteiger partial charge in [-0.25, -0.2) is 9.97 Å². The largest absolute Gasteiger partial charge is 0.496 e. The number of aromatic nitrogens is 2. The first-order valence-corrected chi connectivity index (χ1v) is 6.32. The molecule has 1 atom stereocenters. The number of nitrogens with one attached hydrogen (secondary N) is 1. The molecule has 1 aromatic heterocycles. The number of rotatable bonds is 5. The van der Waals surface area contributed by atoms with Crippen molar-refractivity contribution in [3.8, 4) is 5.75 Å². The molecule has 100 valence electrons. The number of ether oxygens (including phenoxy) is 1. The van der Waals surface area contributed by atoms with Crippen LogP contribution in [0, 0.1) is 6.92 Å². The molecular weight excluding hydrogens is 238 g/mol. The van der Waals surface area contributed by atoms with Crippen molar-refractivity contribution in [3.63, 3.8) is 0 Å². The fourth-order valence-corrected chi connectivity index (χ4v) is 2.10. The number of aryl methyl sites for hydroxylation is 1. The Bertz CT molecular complexity index is 528. The van der Waals surface area contributed by atoms with Crippen LogP contribution in [0.3, 0.4) is 0 Å². The summed E-state index contributed by atoms with van der Waals surface area (Å²) in [4.78, 5) is 8.62. The summed E-state index contributed by atoms with van der Waals surface area (Å²) in [7, 11) is 3.62. The van der Waals surface area contributed by atoms with Crippen molar-refractivity contribution in [3.05, 3.63) is 53.6 Å². The molecule has 0 spiro atoms. The summed E-state index contributed by atoms with van der Waals surface area (Å²) in [5, 5.41) is 3.26. The van der Waals surface area contributed by atoms with Crippen LogP contribution in [0.2, 0.25) is 0 Å². The predicted molar refractivity (Wildman–Crippen MR) is 75.3 cm³/mol. The first-order chi connectivity index (χ1) is 9.24. The highest BCUT2D eigenvalue weighted by Gasteiger charge is 2.15. The summed E-state index contributed by atoms with van der Waals surface area (Å²) in [6, 6.07) is 8.10. The summed E-state index contributed by atoms with van der Waals surface area (Å²) in [5.74, 6) is 1.70. The van der Waals surface area contributed by atoms with Gasteiger partial charge in [0.05, 0.1) is 13.2 Å². The molecule has 0 fully saturated rings. The average molecular weight is 257 g/mol. The number of benzene rings is 1. The highest BCUT2D eigenvalue weighted by Crippen LogP contribution is 2.24. The second-order valence-corrected chi connectivity index (χ2v) is 4.47. The van der Waals surface area contributed by atoms with Crippen molar-refractivity contribution in [1.82, 2.24) is 15.3 Å². The Kier molecular flexibility index (Phi) is 4.47. The van der Waals surface area contributed by atoms with E-state index in [9.17, 15) is 0 Å². The molecule has 4 nitrogen and oxygen atoms in total. The number of hydrogen-bond acceptors (Lipinski definition) is 4. The van der Waals surface area contributed by atoms with E-state index in [2.05, 4.69) is 34.3 Å². The zero-order valence-corrected chi connectivity index (χ0v) is 11.6. The fraction of sp³-hybridized carbons (Fsp3) is 0.333. The molecule has 2 rings (SSSR count). The van der Waals surface area contributed by atoms with Crippen LogP contribution in [0.5, 0.6) is 5.75 Å². The molecule has 0 saturated carbocycles. The van der Waals surface area contributed by atoms with Gasteiger partial charge in [-0.05, 0) is 38.1 Å². The number of methoxy groups -OCH3 is 1. The van der Waals surface area contributed by atoms with E-state index in [1.807, 2.05) is 19.2 Å². The molecule has 1 aromatic carbocycles. The molecule has 0 radical (unpaired) electrons. The molecule has 0 aliphatic heterocycles. The normalized spacial score (nSPS) is 12.2. The summed E-state index contributed by atoms with van der Waals surface area (Å²) in [5.41, 5.74) is 2.38. The lowest BCUT2D eigenvalue weighted by atomic mass is 10.0. The van der Waals surface area contributed by atoms with Gasteiger partial charge in [0, 0.05) is 12.4 Å². The number of nitrogens with zero attached hydrogens (tertiary/aromatic N) is 2. The van der Waals surface area contributed by atoms with Crippen LogP contribution in [0.15, 0.2) is 36.7 Å². The lowest BCUT2D eigenvalue weighted by Crippen LogP contribution is -2.21. The average Bonchev–Trinajstić information content (AvgIpc) is 2.46. The van der Waals surface area contributed by atoms with Crippen LogP contribution in [-0.4, -0.2) is 24.1 Å². The first-order valence-electron chi connectivity index (χ1n) is 6.32. The minimum atomic E-state index is 0.0805. The maximum Gasteiger partial charge on any atom is 0.145 e. The molecule has 0 aliphatic carbocycles. The zero-order chi connectivity index (χ0) is 13.7. The number of hydrogen-bond donors (Lipinski definition) is 1. The Labute approximate surface area is 113 Å². The topological polar surface area (TPSA) is 47.0 Å². The van der Waals surface area contributed by atoms with Crippen LogP contribution in [0.25, 0.3) is 0 Å². The molecule has 0 aliphatic rings. The molecule has 0 amide bonds. The third-order valence-electron chi connectivity index (χ3n) is 3.11. The Balaban J connectivity index is 2.26. The van der Waals surface area contributed by atoms with Gasteiger partial charge in [0.15, 0.2) is 0 Å². The van der Waals surface area contributed by atoms with Crippen molar-refractivity contribution in [2.45, 2.75) is 19.4 Å². The molecule has 19 heavy (non-hydrogen) atoms. The lowest BCUT2D eigenvalue weighted by Gasteiger charge is -2.17. The minimum absolute atomic E-state index is 0.0805. The van der Waals surface area contributed by atoms with Gasteiger partial charge in [-0.1, -0.05) is 17.7 Å². The van der Waals surface area contributed by atoms with Gasteiger partial charge >= 0.3 is 0 Å². The van der Waals surface area contributed by atoms with E-state index in [0.717, 1.165) is 23.6 Å². The zero-order valence-electron chi connectivity index (χ0n) is 11.6. The van der Waals surface area contributed by atoms with Crippen LogP contribution >= 0.6 is 0 Å². The third kappa shape index (κ3) is 3.29. The predicted octanol–water partition coefficient (Wildman–Crippen LogP) is 2.30. The second kappa shape index (κ2) is 6.29. The highest BCUT2D eigenvalue weighted by atomic mass is 16.5. The van der Waals surface area contributed by atoms with Crippen molar-refractivity contribution in [2.24, 2.45) is 0 Å². The van der Waals surface area contributed by atoms with Crippen LogP contribution in [0.4, 0.5) is 0 Å². The Hall–Kier alpha value is -1.94. The molecule has 4 heteroatoms. The SMILES string of the molecule is CNC(Cc1cc(C)ccc1OC)c1ncccn1. The number of likely N-dealkylation sites (N-methyl/N-ethyl adjacent to an activating group) is 1. The van der Waals surface area contributed by atoms with E-state index in [4.69, 9.17) is 4.74 Å². The maximum absolute atomic E-state index is 5.41. The molecule has 1 N–H and O–H groups in total. The first kappa shape index (κ1) is 13.5. The van der Waals surface area contributed by atoms with E-state index >= 15 is 0 Å². The lowest BCUT2D eigenvalue weighted by molar-refractivity contribution is 0.405. The van der Waals surface area contributed by atoms with Crippen molar-refractivity contribution in [2.75, 3.05) is 14.2 Å². The Morgan fingerprint density at radius 3 is 2.63 bits per heavy atom. The fourth-order valence-electron chi connectivity index (χ4n) is 2.10. The van der Waals surface area contributed by atoms with Gasteiger partial charge in [-0.3, -0.25) is 0 Å². The van der Waals surface area contributed by atoms with Crippen LogP contribution in [0.1, 0.15) is 23.0 Å². The molecular formula is C15H19N3O. The Morgan fingerprint density at radius 2 is 2.00 bits per heavy atom. The second-order valence-electron chi connectivity index (χ2n) is 4.47. The van der Waals surface area contributed by atoms with Crippen LogP contribution < -0.4 is 10.1 Å². The summed E-state index contributed by atoms with van der Waals surface area (Å²) in [6.07, 6.45) is 4.33. The Morgan fingerprint density at radius 1 is 1.26 bits per heavy atom. The van der Waals surface area contributed by atoms with E-state index in [0.29, 0.717) is 0 Å². The minimum Gasteiger partial charge on any atom is -0.496 e. The van der Waals surface area contributed by atoms with Gasteiger partial charge in [0.25, 0.3) is 0 Å². The molecule has 0 saturated heterocycles. The van der Waals surface area contributed by atoms with Gasteiger partial charge in [0.2, 0.25) is 0 Å². The standard InChI is InChI=1S/C15H19N3O/c1-11-5-6-14(19-3)12(9-11)10-13(16-2)15-17-7-4-8-18-15/h4-9,13,16H,10H2,1-3H3. The van der Waals surface area contributed by atoms with E-state index < -0.39 is 0 Å². The highest BCUT2D eigenvalue weighted by molar-refractivity contribution is 5.37. The van der Waals surface area contributed by atoms with Crippen molar-refractivity contribution in [1.29, 1.82) is 0 Å². The summed E-state index contributed by atoms with van der Waals surface area (Å²) >= 11 is 0. The third-order valence-corrected chi connectivity index (χ3v) is 3.11. The summed E-state index contributed by atoms with van der Waals surface area (Å²) in [6.45, 7) is 2.08. The van der Waals surface area contributed by atoms with Gasteiger partial charge < -0.3 is 10.1 Å². The molecule has 2 aromatic rings. The molecule has 0 bridgehead atoms. The molecule has 1 heterocycles. The van der Waals surface area contributed by atoms with Gasteiger partial charge in [-0.15, -0.1) is 0 Å². The van der Waals surface area contributed by atoms with Gasteiger partial charge in [-0.2, -0.15) is 0 Å². The van der Waals surface area contributed by atoms with Gasteiger partial charge in [0.1, 0.15) is 11.6 Å². The van der Waals surface area contributed by atoms with E-state index in [1.165, 1.54) is 5.56 Å². The maximum atomic E-state index is 5.41. The van der Waals surface area contributed by atoms with E-state index in [-0.39, 0.29) is 6.04 Å². The van der Waals surface area contributed by atoms with Crippen LogP contribution in [-0.2, 0) is 6.42 Å². The quantitative estimate of drug-likeness (QED) is 0.892. The smallest absolute Gasteiger partial charge is 0.145 e. The monoisotopic (exact) mass is 257 g/mol. The summed E-state index contributed by atoms with van der Waals surface area (Å²) < 4.78 is 5.41. The molecule has 1 unspecified atom stereocenters. The van der Waals surface area contributed by atoms with Crippen molar-refractivity contribution < 1.29 is 4.74 Å². The van der Waals surface area contributed by atoms with E-state index in [1.54, 1.807) is 19.5 Å².